The average Bonchev–Trinajstić information content (AvgIpc) is 3.10. The Morgan fingerprint density at radius 3 is 2.62 bits per heavy atom. The highest BCUT2D eigenvalue weighted by atomic mass is 16.2. The lowest BCUT2D eigenvalue weighted by molar-refractivity contribution is -0.143. The quantitative estimate of drug-likeness (QED) is 0.795. The molecule has 5 atom stereocenters. The molecule has 2 bridgehead atoms. The standard InChI is InChI=1S/C16H24N2O3/c1-9-5-15(20)18(16(9)21)8-14(19)17-10(2)13-7-11-3-4-12(13)6-11/h9-13H,3-8H2,1-2H3,(H,17,19)/t9-,10+,11+,12+,13+/m1/s1. The van der Waals surface area contributed by atoms with Crippen LogP contribution in [0.1, 0.15) is 46.0 Å². The lowest BCUT2D eigenvalue weighted by Gasteiger charge is -2.29. The van der Waals surface area contributed by atoms with E-state index in [1.54, 1.807) is 6.92 Å². The van der Waals surface area contributed by atoms with E-state index in [0.29, 0.717) is 5.92 Å². The number of amides is 3. The van der Waals surface area contributed by atoms with Crippen molar-refractivity contribution in [1.82, 2.24) is 10.2 Å². The van der Waals surface area contributed by atoms with Gasteiger partial charge < -0.3 is 5.32 Å². The van der Waals surface area contributed by atoms with E-state index >= 15 is 0 Å². The van der Waals surface area contributed by atoms with Crippen LogP contribution in [0.5, 0.6) is 0 Å². The number of hydrogen-bond acceptors (Lipinski definition) is 3. The number of nitrogens with one attached hydrogen (secondary N) is 1. The number of likely N-dealkylation sites (tertiary alicyclic amines) is 1. The lowest BCUT2D eigenvalue weighted by atomic mass is 9.84. The van der Waals surface area contributed by atoms with E-state index < -0.39 is 0 Å². The second-order valence-electron chi connectivity index (χ2n) is 7.12. The zero-order valence-electron chi connectivity index (χ0n) is 12.8. The van der Waals surface area contributed by atoms with Gasteiger partial charge in [0.15, 0.2) is 0 Å². The molecule has 3 aliphatic rings. The van der Waals surface area contributed by atoms with Crippen molar-refractivity contribution in [1.29, 1.82) is 0 Å². The average molecular weight is 292 g/mol. The van der Waals surface area contributed by atoms with Crippen LogP contribution >= 0.6 is 0 Å². The minimum atomic E-state index is -0.284. The van der Waals surface area contributed by atoms with Crippen LogP contribution in [0, 0.1) is 23.7 Å². The number of rotatable bonds is 4. The van der Waals surface area contributed by atoms with Gasteiger partial charge in [0.1, 0.15) is 6.54 Å². The van der Waals surface area contributed by atoms with Gasteiger partial charge in [-0.05, 0) is 43.9 Å². The van der Waals surface area contributed by atoms with Gasteiger partial charge in [-0.1, -0.05) is 13.3 Å². The van der Waals surface area contributed by atoms with Crippen LogP contribution in [0.3, 0.4) is 0 Å². The van der Waals surface area contributed by atoms with Crippen molar-refractivity contribution in [3.8, 4) is 0 Å². The maximum atomic E-state index is 12.1. The van der Waals surface area contributed by atoms with Gasteiger partial charge in [-0.3, -0.25) is 19.3 Å². The summed E-state index contributed by atoms with van der Waals surface area (Å²) in [6.45, 7) is 3.67. The molecule has 1 N–H and O–H groups in total. The maximum Gasteiger partial charge on any atom is 0.240 e. The van der Waals surface area contributed by atoms with E-state index in [0.717, 1.165) is 16.7 Å². The van der Waals surface area contributed by atoms with Gasteiger partial charge in [0.25, 0.3) is 0 Å². The second-order valence-corrected chi connectivity index (χ2v) is 7.12. The zero-order chi connectivity index (χ0) is 15.1. The fourth-order valence-corrected chi connectivity index (χ4v) is 4.47. The molecule has 0 aromatic rings. The van der Waals surface area contributed by atoms with Crippen molar-refractivity contribution in [3.63, 3.8) is 0 Å². The van der Waals surface area contributed by atoms with Crippen LogP contribution in [0.15, 0.2) is 0 Å². The molecule has 5 heteroatoms. The summed E-state index contributed by atoms with van der Waals surface area (Å²) in [6.07, 6.45) is 5.39. The highest BCUT2D eigenvalue weighted by Gasteiger charge is 2.42. The minimum absolute atomic E-state index is 0.118. The van der Waals surface area contributed by atoms with Gasteiger partial charge in [-0.15, -0.1) is 0 Å². The summed E-state index contributed by atoms with van der Waals surface area (Å²) >= 11 is 0. The highest BCUT2D eigenvalue weighted by Crippen LogP contribution is 2.49. The molecule has 1 saturated heterocycles. The Balaban J connectivity index is 1.52. The van der Waals surface area contributed by atoms with Gasteiger partial charge in [0.05, 0.1) is 0 Å². The summed E-state index contributed by atoms with van der Waals surface area (Å²) in [4.78, 5) is 36.7. The van der Waals surface area contributed by atoms with Crippen molar-refractivity contribution in [2.24, 2.45) is 23.7 Å². The Morgan fingerprint density at radius 2 is 2.10 bits per heavy atom. The number of carbonyl (C=O) groups is 3. The fraction of sp³-hybridized carbons (Fsp3) is 0.812. The number of imide groups is 1. The highest BCUT2D eigenvalue weighted by molar-refractivity contribution is 6.05. The molecule has 21 heavy (non-hydrogen) atoms. The normalized spacial score (nSPS) is 36.4. The molecule has 0 aromatic heterocycles. The van der Waals surface area contributed by atoms with Crippen LogP contribution in [0.2, 0.25) is 0 Å². The van der Waals surface area contributed by atoms with E-state index in [1.165, 1.54) is 25.7 Å². The van der Waals surface area contributed by atoms with Crippen molar-refractivity contribution in [3.05, 3.63) is 0 Å². The van der Waals surface area contributed by atoms with Crippen LogP contribution < -0.4 is 5.32 Å². The summed E-state index contributed by atoms with van der Waals surface area (Å²) in [6, 6.07) is 0.137. The van der Waals surface area contributed by atoms with Crippen LogP contribution in [0.25, 0.3) is 0 Å². The second kappa shape index (κ2) is 5.43. The minimum Gasteiger partial charge on any atom is -0.352 e. The van der Waals surface area contributed by atoms with Crippen LogP contribution in [-0.2, 0) is 14.4 Å². The Kier molecular flexibility index (Phi) is 3.76. The smallest absolute Gasteiger partial charge is 0.240 e. The zero-order valence-corrected chi connectivity index (χ0v) is 12.8. The first kappa shape index (κ1) is 14.5. The molecule has 1 heterocycles. The molecule has 5 nitrogen and oxygen atoms in total. The Morgan fingerprint density at radius 1 is 1.33 bits per heavy atom. The van der Waals surface area contributed by atoms with E-state index in [2.05, 4.69) is 12.2 Å². The van der Waals surface area contributed by atoms with Gasteiger partial charge >= 0.3 is 0 Å². The molecular weight excluding hydrogens is 268 g/mol. The van der Waals surface area contributed by atoms with Gasteiger partial charge in [0.2, 0.25) is 17.7 Å². The first-order valence-corrected chi connectivity index (χ1v) is 8.09. The summed E-state index contributed by atoms with van der Waals surface area (Å²) in [7, 11) is 0. The number of fused-ring (bicyclic) bond motifs is 2. The first-order valence-electron chi connectivity index (χ1n) is 8.09. The monoisotopic (exact) mass is 292 g/mol. The maximum absolute atomic E-state index is 12.1. The van der Waals surface area contributed by atoms with Gasteiger partial charge in [-0.2, -0.15) is 0 Å². The number of hydrogen-bond donors (Lipinski definition) is 1. The van der Waals surface area contributed by atoms with Crippen LogP contribution in [0.4, 0.5) is 0 Å². The number of carbonyl (C=O) groups excluding carboxylic acids is 3. The van der Waals surface area contributed by atoms with E-state index in [-0.39, 0.29) is 42.6 Å². The topological polar surface area (TPSA) is 66.5 Å². The molecule has 3 amide bonds. The van der Waals surface area contributed by atoms with Crippen molar-refractivity contribution in [2.75, 3.05) is 6.54 Å². The van der Waals surface area contributed by atoms with Crippen molar-refractivity contribution in [2.45, 2.75) is 52.0 Å². The van der Waals surface area contributed by atoms with E-state index in [9.17, 15) is 14.4 Å². The summed E-state index contributed by atoms with van der Waals surface area (Å²) in [5.74, 6) is 1.23. The van der Waals surface area contributed by atoms with Gasteiger partial charge in [-0.25, -0.2) is 0 Å². The largest absolute Gasteiger partial charge is 0.352 e. The summed E-state index contributed by atoms with van der Waals surface area (Å²) in [5, 5.41) is 3.00. The lowest BCUT2D eigenvalue weighted by Crippen LogP contribution is -2.46. The first-order chi connectivity index (χ1) is 9.95. The summed E-state index contributed by atoms with van der Waals surface area (Å²) in [5.41, 5.74) is 0. The molecule has 0 unspecified atom stereocenters. The molecule has 1 aliphatic heterocycles. The molecule has 0 aromatic carbocycles. The molecule has 0 spiro atoms. The molecule has 2 saturated carbocycles. The number of nitrogens with zero attached hydrogens (tertiary/aromatic N) is 1. The predicted octanol–water partition coefficient (Wildman–Crippen LogP) is 1.32. The van der Waals surface area contributed by atoms with Crippen LogP contribution in [-0.4, -0.2) is 35.2 Å². The molecule has 116 valence electrons. The SMILES string of the molecule is C[C@@H]1CC(=O)N(CC(=O)N[C@@H](C)[C@@H]2C[C@H]3CC[C@H]2C3)C1=O. The van der Waals surface area contributed by atoms with Crippen molar-refractivity contribution < 1.29 is 14.4 Å². The van der Waals surface area contributed by atoms with Gasteiger partial charge in [0, 0.05) is 18.4 Å². The molecule has 3 fully saturated rings. The third-order valence-corrected chi connectivity index (χ3v) is 5.59. The predicted molar refractivity (Wildman–Crippen MR) is 77.0 cm³/mol. The van der Waals surface area contributed by atoms with E-state index in [1.807, 2.05) is 0 Å². The third kappa shape index (κ3) is 2.70. The van der Waals surface area contributed by atoms with Crippen molar-refractivity contribution >= 4 is 17.7 Å². The Hall–Kier alpha value is -1.39. The Labute approximate surface area is 125 Å². The molecular formula is C16H24N2O3. The fourth-order valence-electron chi connectivity index (χ4n) is 4.47. The van der Waals surface area contributed by atoms with E-state index in [4.69, 9.17) is 0 Å². The third-order valence-electron chi connectivity index (χ3n) is 5.59. The molecule has 3 rings (SSSR count). The Bertz CT molecular complexity index is 476. The molecule has 2 aliphatic carbocycles. The summed E-state index contributed by atoms with van der Waals surface area (Å²) < 4.78 is 0. The molecule has 0 radical (unpaired) electrons.